The lowest BCUT2D eigenvalue weighted by molar-refractivity contribution is -0.137. The van der Waals surface area contributed by atoms with Gasteiger partial charge in [0.05, 0.1) is 10.2 Å². The van der Waals surface area contributed by atoms with Crippen molar-refractivity contribution in [2.24, 2.45) is 16.2 Å². The second kappa shape index (κ2) is 5.31. The third-order valence-electron chi connectivity index (χ3n) is 7.65. The number of nitrogens with one attached hydrogen (secondary N) is 2. The summed E-state index contributed by atoms with van der Waals surface area (Å²) in [6, 6.07) is 0.131. The number of amides is 1. The largest absolute Gasteiger partial charge is 0.353 e. The van der Waals surface area contributed by atoms with Gasteiger partial charge in [0.2, 0.25) is 5.91 Å². The first-order valence-electron chi connectivity index (χ1n) is 9.47. The molecular weight excluding hydrogens is 380 g/mol. The van der Waals surface area contributed by atoms with E-state index in [2.05, 4.69) is 68.1 Å². The van der Waals surface area contributed by atoms with Gasteiger partial charge < -0.3 is 10.6 Å². The number of ketones is 1. The van der Waals surface area contributed by atoms with Crippen LogP contribution in [0.3, 0.4) is 0 Å². The number of alkyl halides is 1. The van der Waals surface area contributed by atoms with Crippen LogP contribution < -0.4 is 10.6 Å². The van der Waals surface area contributed by atoms with E-state index in [9.17, 15) is 9.59 Å². The number of halogens is 1. The highest BCUT2D eigenvalue weighted by molar-refractivity contribution is 9.10. The summed E-state index contributed by atoms with van der Waals surface area (Å²) in [5.74, 6) is 0.261. The first-order chi connectivity index (χ1) is 11.2. The van der Waals surface area contributed by atoms with Crippen molar-refractivity contribution in [1.29, 1.82) is 0 Å². The van der Waals surface area contributed by atoms with Crippen molar-refractivity contribution in [2.45, 2.75) is 96.1 Å². The average Bonchev–Trinajstić information content (AvgIpc) is 2.67. The van der Waals surface area contributed by atoms with E-state index in [1.54, 1.807) is 0 Å². The Labute approximate surface area is 160 Å². The summed E-state index contributed by atoms with van der Waals surface area (Å²) >= 11 is 3.62. The van der Waals surface area contributed by atoms with Gasteiger partial charge in [-0.3, -0.25) is 9.59 Å². The highest BCUT2D eigenvalue weighted by Crippen LogP contribution is 2.72. The van der Waals surface area contributed by atoms with Crippen molar-refractivity contribution < 1.29 is 9.59 Å². The van der Waals surface area contributed by atoms with Gasteiger partial charge in [-0.05, 0) is 58.8 Å². The molecular formula is C20H33BrN2O2. The first kappa shape index (κ1) is 19.3. The zero-order valence-electron chi connectivity index (χ0n) is 16.7. The fraction of sp³-hybridized carbons (Fsp3) is 0.900. The smallest absolute Gasteiger partial charge is 0.228 e. The quantitative estimate of drug-likeness (QED) is 0.681. The Kier molecular flexibility index (Phi) is 4.11. The van der Waals surface area contributed by atoms with Crippen LogP contribution in [0.4, 0.5) is 0 Å². The highest BCUT2D eigenvalue weighted by atomic mass is 79.9. The molecule has 0 radical (unpaired) electrons. The van der Waals surface area contributed by atoms with E-state index >= 15 is 0 Å². The Hall–Kier alpha value is -0.420. The van der Waals surface area contributed by atoms with E-state index in [4.69, 9.17) is 0 Å². The Morgan fingerprint density at radius 2 is 1.56 bits per heavy atom. The third-order valence-corrected chi connectivity index (χ3v) is 8.85. The fourth-order valence-electron chi connectivity index (χ4n) is 6.19. The molecule has 25 heavy (non-hydrogen) atoms. The fourth-order valence-corrected chi connectivity index (χ4v) is 7.71. The summed E-state index contributed by atoms with van der Waals surface area (Å²) in [6.07, 6.45) is 3.38. The van der Waals surface area contributed by atoms with Gasteiger partial charge in [0.15, 0.2) is 5.78 Å². The Bertz CT molecular complexity index is 611. The van der Waals surface area contributed by atoms with Crippen molar-refractivity contribution >= 4 is 27.6 Å². The van der Waals surface area contributed by atoms with Gasteiger partial charge in [0.25, 0.3) is 0 Å². The lowest BCUT2D eigenvalue weighted by Crippen LogP contribution is -2.63. The van der Waals surface area contributed by atoms with E-state index in [1.807, 2.05) is 6.92 Å². The molecule has 3 rings (SSSR count). The summed E-state index contributed by atoms with van der Waals surface area (Å²) < 4.78 is 0. The van der Waals surface area contributed by atoms with Gasteiger partial charge in [-0.1, -0.05) is 36.7 Å². The molecule has 3 aliphatic rings. The molecule has 1 aliphatic heterocycles. The maximum Gasteiger partial charge on any atom is 0.228 e. The SMILES string of the molecule is CC1(C)CC(NC(=O)[C@@]23CC[C@](C)(C(=O)[C@H]2Br)C3(C)C)CC(C)(C)N1. The number of fused-ring (bicyclic) bond motifs is 2. The van der Waals surface area contributed by atoms with Crippen molar-refractivity contribution in [3.05, 3.63) is 0 Å². The van der Waals surface area contributed by atoms with Crippen molar-refractivity contribution in [1.82, 2.24) is 10.6 Å². The summed E-state index contributed by atoms with van der Waals surface area (Å²) in [6.45, 7) is 15.0. The molecule has 2 aliphatic carbocycles. The first-order valence-corrected chi connectivity index (χ1v) is 10.4. The molecule has 1 saturated heterocycles. The van der Waals surface area contributed by atoms with Crippen LogP contribution in [-0.2, 0) is 9.59 Å². The van der Waals surface area contributed by atoms with E-state index in [0.717, 1.165) is 25.7 Å². The summed E-state index contributed by atoms with van der Waals surface area (Å²) in [5.41, 5.74) is -1.43. The third kappa shape index (κ3) is 2.48. The minimum absolute atomic E-state index is 0.0175. The molecule has 3 fully saturated rings. The van der Waals surface area contributed by atoms with Crippen LogP contribution >= 0.6 is 15.9 Å². The molecule has 0 aromatic heterocycles. The number of hydrogen-bond donors (Lipinski definition) is 2. The van der Waals surface area contributed by atoms with Gasteiger partial charge in [-0.15, -0.1) is 0 Å². The summed E-state index contributed by atoms with van der Waals surface area (Å²) in [4.78, 5) is 26.0. The second-order valence-electron chi connectivity index (χ2n) is 10.6. The van der Waals surface area contributed by atoms with E-state index in [-0.39, 0.29) is 39.1 Å². The Morgan fingerprint density at radius 3 is 2.00 bits per heavy atom. The zero-order valence-corrected chi connectivity index (χ0v) is 18.3. The molecule has 0 aromatic carbocycles. The number of carbonyl (C=O) groups is 2. The van der Waals surface area contributed by atoms with E-state index in [1.165, 1.54) is 0 Å². The van der Waals surface area contributed by atoms with Crippen LogP contribution in [0, 0.1) is 16.2 Å². The molecule has 1 amide bonds. The van der Waals surface area contributed by atoms with E-state index in [0.29, 0.717) is 0 Å². The van der Waals surface area contributed by atoms with Crippen LogP contribution in [0.25, 0.3) is 0 Å². The van der Waals surface area contributed by atoms with Crippen LogP contribution in [0.5, 0.6) is 0 Å². The Balaban J connectivity index is 1.88. The number of piperidine rings is 1. The zero-order chi connectivity index (χ0) is 19.1. The standard InChI is InChI=1S/C20H33BrN2O2/c1-16(2)10-12(11-17(3,4)23-16)22-15(25)20-9-8-19(7,18(20,5)6)14(24)13(20)21/h12-13,23H,8-11H2,1-7H3,(H,22,25)/t13-,19-,20-/m1/s1. The number of carbonyl (C=O) groups excluding carboxylic acids is 2. The molecule has 0 aromatic rings. The monoisotopic (exact) mass is 412 g/mol. The highest BCUT2D eigenvalue weighted by Gasteiger charge is 2.76. The lowest BCUT2D eigenvalue weighted by Gasteiger charge is -2.48. The Morgan fingerprint density at radius 1 is 1.04 bits per heavy atom. The number of Topliss-reactive ketones (excluding diaryl/α,β-unsaturated/α-hetero) is 1. The maximum absolute atomic E-state index is 13.5. The van der Waals surface area contributed by atoms with Crippen molar-refractivity contribution in [3.63, 3.8) is 0 Å². The van der Waals surface area contributed by atoms with Gasteiger partial charge in [-0.2, -0.15) is 0 Å². The lowest BCUT2D eigenvalue weighted by atomic mass is 9.64. The molecule has 2 N–H and O–H groups in total. The molecule has 4 nitrogen and oxygen atoms in total. The molecule has 2 saturated carbocycles. The summed E-state index contributed by atoms with van der Waals surface area (Å²) in [5, 5.41) is 7.01. The van der Waals surface area contributed by atoms with Gasteiger partial charge in [0, 0.05) is 22.5 Å². The molecule has 3 atom stereocenters. The van der Waals surface area contributed by atoms with Gasteiger partial charge in [0.1, 0.15) is 0 Å². The van der Waals surface area contributed by atoms with Crippen LogP contribution in [0.15, 0.2) is 0 Å². The van der Waals surface area contributed by atoms with Crippen LogP contribution in [0.1, 0.15) is 74.1 Å². The minimum atomic E-state index is -0.641. The molecule has 0 unspecified atom stereocenters. The van der Waals surface area contributed by atoms with Crippen molar-refractivity contribution in [2.75, 3.05) is 0 Å². The van der Waals surface area contributed by atoms with E-state index < -0.39 is 10.8 Å². The predicted molar refractivity (Wildman–Crippen MR) is 104 cm³/mol. The normalized spacial score (nSPS) is 41.8. The maximum atomic E-state index is 13.5. The summed E-state index contributed by atoms with van der Waals surface area (Å²) in [7, 11) is 0. The van der Waals surface area contributed by atoms with Crippen molar-refractivity contribution in [3.8, 4) is 0 Å². The van der Waals surface area contributed by atoms with Gasteiger partial charge in [-0.25, -0.2) is 0 Å². The van der Waals surface area contributed by atoms with Crippen LogP contribution in [-0.4, -0.2) is 33.6 Å². The molecule has 142 valence electrons. The molecule has 2 bridgehead atoms. The molecule has 0 spiro atoms. The minimum Gasteiger partial charge on any atom is -0.353 e. The average molecular weight is 413 g/mol. The predicted octanol–water partition coefficient (Wildman–Crippen LogP) is 3.57. The topological polar surface area (TPSA) is 58.2 Å². The molecule has 5 heteroatoms. The van der Waals surface area contributed by atoms with Gasteiger partial charge >= 0.3 is 0 Å². The van der Waals surface area contributed by atoms with Crippen LogP contribution in [0.2, 0.25) is 0 Å². The molecule has 1 heterocycles. The second-order valence-corrected chi connectivity index (χ2v) is 11.5. The number of rotatable bonds is 2. The number of hydrogen-bond acceptors (Lipinski definition) is 3.